The van der Waals surface area contributed by atoms with E-state index in [1.54, 1.807) is 14.2 Å². The number of hydrogen-bond donors (Lipinski definition) is 2. The maximum atomic E-state index is 5.22. The van der Waals surface area contributed by atoms with E-state index in [-0.39, 0.29) is 0 Å². The lowest BCUT2D eigenvalue weighted by molar-refractivity contribution is 0.393. The van der Waals surface area contributed by atoms with Crippen molar-refractivity contribution in [3.63, 3.8) is 0 Å². The van der Waals surface area contributed by atoms with Crippen molar-refractivity contribution in [2.75, 3.05) is 33.9 Å². The van der Waals surface area contributed by atoms with E-state index < -0.39 is 0 Å². The van der Waals surface area contributed by atoms with Gasteiger partial charge in [0.05, 0.1) is 14.2 Å². The molecule has 17 heavy (non-hydrogen) atoms. The van der Waals surface area contributed by atoms with Crippen LogP contribution in [0, 0.1) is 0 Å². The number of methoxy groups -OCH3 is 2. The Balaban J connectivity index is 2.46. The van der Waals surface area contributed by atoms with Gasteiger partial charge in [0.15, 0.2) is 0 Å². The second-order valence-electron chi connectivity index (χ2n) is 3.75. The molecule has 0 bridgehead atoms. The van der Waals surface area contributed by atoms with Gasteiger partial charge in [-0.05, 0) is 24.2 Å². The molecule has 4 nitrogen and oxygen atoms in total. The van der Waals surface area contributed by atoms with E-state index in [0.29, 0.717) is 0 Å². The Bertz CT molecular complexity index is 307. The van der Waals surface area contributed by atoms with Crippen molar-refractivity contribution in [3.05, 3.63) is 23.8 Å². The average Bonchev–Trinajstić information content (AvgIpc) is 2.38. The smallest absolute Gasteiger partial charge is 0.122 e. The number of rotatable bonds is 8. The second kappa shape index (κ2) is 7.92. The van der Waals surface area contributed by atoms with Crippen LogP contribution in [0.3, 0.4) is 0 Å². The molecule has 0 saturated heterocycles. The minimum absolute atomic E-state index is 0.818. The molecule has 2 N–H and O–H groups in total. The van der Waals surface area contributed by atoms with E-state index in [2.05, 4.69) is 17.6 Å². The SMILES string of the molecule is CCNCCNCc1cc(OC)cc(OC)c1. The largest absolute Gasteiger partial charge is 0.497 e. The highest BCUT2D eigenvalue weighted by Gasteiger charge is 2.01. The number of hydrogen-bond acceptors (Lipinski definition) is 4. The Labute approximate surface area is 103 Å². The van der Waals surface area contributed by atoms with E-state index in [4.69, 9.17) is 9.47 Å². The van der Waals surface area contributed by atoms with Crippen LogP contribution in [0.15, 0.2) is 18.2 Å². The van der Waals surface area contributed by atoms with Gasteiger partial charge < -0.3 is 20.1 Å². The molecule has 1 rings (SSSR count). The lowest BCUT2D eigenvalue weighted by Gasteiger charge is -2.09. The molecule has 0 aliphatic carbocycles. The first kappa shape index (κ1) is 13.8. The molecule has 0 aromatic heterocycles. The summed E-state index contributed by atoms with van der Waals surface area (Å²) in [6.07, 6.45) is 0. The van der Waals surface area contributed by atoms with Gasteiger partial charge in [-0.1, -0.05) is 6.92 Å². The third kappa shape index (κ3) is 5.06. The molecule has 0 fully saturated rings. The normalized spacial score (nSPS) is 10.3. The summed E-state index contributed by atoms with van der Waals surface area (Å²) >= 11 is 0. The highest BCUT2D eigenvalue weighted by atomic mass is 16.5. The molecule has 96 valence electrons. The van der Waals surface area contributed by atoms with Crippen molar-refractivity contribution >= 4 is 0 Å². The fraction of sp³-hybridized carbons (Fsp3) is 0.538. The van der Waals surface area contributed by atoms with Gasteiger partial charge in [0, 0.05) is 25.7 Å². The van der Waals surface area contributed by atoms with Gasteiger partial charge in [-0.25, -0.2) is 0 Å². The first-order chi connectivity index (χ1) is 8.30. The van der Waals surface area contributed by atoms with Crippen molar-refractivity contribution in [1.82, 2.24) is 10.6 Å². The van der Waals surface area contributed by atoms with E-state index in [1.165, 1.54) is 0 Å². The summed E-state index contributed by atoms with van der Waals surface area (Å²) in [5.41, 5.74) is 1.16. The van der Waals surface area contributed by atoms with Gasteiger partial charge in [0.1, 0.15) is 11.5 Å². The van der Waals surface area contributed by atoms with Crippen LogP contribution < -0.4 is 20.1 Å². The maximum Gasteiger partial charge on any atom is 0.122 e. The average molecular weight is 238 g/mol. The predicted molar refractivity (Wildman–Crippen MR) is 69.8 cm³/mol. The number of benzene rings is 1. The Hall–Kier alpha value is -1.26. The molecule has 1 aromatic rings. The Morgan fingerprint density at radius 3 is 2.06 bits per heavy atom. The first-order valence-corrected chi connectivity index (χ1v) is 5.93. The van der Waals surface area contributed by atoms with Gasteiger partial charge in [-0.2, -0.15) is 0 Å². The van der Waals surface area contributed by atoms with Crippen LogP contribution in [-0.2, 0) is 6.54 Å². The molecule has 0 heterocycles. The van der Waals surface area contributed by atoms with Crippen molar-refractivity contribution in [3.8, 4) is 11.5 Å². The van der Waals surface area contributed by atoms with Crippen LogP contribution in [0.25, 0.3) is 0 Å². The summed E-state index contributed by atoms with van der Waals surface area (Å²) in [5, 5.41) is 6.63. The maximum absolute atomic E-state index is 5.22. The van der Waals surface area contributed by atoms with Crippen LogP contribution in [-0.4, -0.2) is 33.9 Å². The molecule has 0 aliphatic rings. The molecule has 0 spiro atoms. The molecule has 0 atom stereocenters. The van der Waals surface area contributed by atoms with Crippen molar-refractivity contribution in [1.29, 1.82) is 0 Å². The summed E-state index contributed by atoms with van der Waals surface area (Å²) in [4.78, 5) is 0. The van der Waals surface area contributed by atoms with Crippen LogP contribution in [0.1, 0.15) is 12.5 Å². The second-order valence-corrected chi connectivity index (χ2v) is 3.75. The summed E-state index contributed by atoms with van der Waals surface area (Å²) in [6, 6.07) is 5.91. The Morgan fingerprint density at radius 2 is 1.53 bits per heavy atom. The minimum Gasteiger partial charge on any atom is -0.497 e. The van der Waals surface area contributed by atoms with Gasteiger partial charge in [-0.3, -0.25) is 0 Å². The molecule has 1 aromatic carbocycles. The summed E-state index contributed by atoms with van der Waals surface area (Å²) < 4.78 is 10.4. The lowest BCUT2D eigenvalue weighted by atomic mass is 10.2. The third-order valence-corrected chi connectivity index (χ3v) is 2.47. The summed E-state index contributed by atoms with van der Waals surface area (Å²) in [6.45, 7) is 5.87. The molecular weight excluding hydrogens is 216 g/mol. The Morgan fingerprint density at radius 1 is 0.941 bits per heavy atom. The van der Waals surface area contributed by atoms with E-state index in [0.717, 1.165) is 43.2 Å². The zero-order valence-electron chi connectivity index (χ0n) is 10.9. The molecular formula is C13H22N2O2. The molecule has 0 unspecified atom stereocenters. The van der Waals surface area contributed by atoms with Crippen LogP contribution in [0.4, 0.5) is 0 Å². The zero-order valence-corrected chi connectivity index (χ0v) is 10.9. The van der Waals surface area contributed by atoms with E-state index >= 15 is 0 Å². The predicted octanol–water partition coefficient (Wildman–Crippen LogP) is 1.40. The highest BCUT2D eigenvalue weighted by molar-refractivity contribution is 5.38. The Kier molecular flexibility index (Phi) is 6.43. The zero-order chi connectivity index (χ0) is 12.5. The standard InChI is InChI=1S/C13H22N2O2/c1-4-14-5-6-15-10-11-7-12(16-2)9-13(8-11)17-3/h7-9,14-15H,4-6,10H2,1-3H3. The van der Waals surface area contributed by atoms with Crippen LogP contribution >= 0.6 is 0 Å². The first-order valence-electron chi connectivity index (χ1n) is 5.93. The van der Waals surface area contributed by atoms with Gasteiger partial charge in [-0.15, -0.1) is 0 Å². The minimum atomic E-state index is 0.818. The van der Waals surface area contributed by atoms with Gasteiger partial charge in [0.2, 0.25) is 0 Å². The quantitative estimate of drug-likeness (QED) is 0.672. The number of nitrogens with one attached hydrogen (secondary N) is 2. The van der Waals surface area contributed by atoms with Crippen LogP contribution in [0.5, 0.6) is 11.5 Å². The molecule has 0 aliphatic heterocycles. The van der Waals surface area contributed by atoms with Gasteiger partial charge in [0.25, 0.3) is 0 Å². The van der Waals surface area contributed by atoms with Crippen molar-refractivity contribution < 1.29 is 9.47 Å². The summed E-state index contributed by atoms with van der Waals surface area (Å²) in [7, 11) is 3.33. The van der Waals surface area contributed by atoms with Crippen LogP contribution in [0.2, 0.25) is 0 Å². The molecule has 4 heteroatoms. The monoisotopic (exact) mass is 238 g/mol. The van der Waals surface area contributed by atoms with Crippen molar-refractivity contribution in [2.45, 2.75) is 13.5 Å². The molecule has 0 saturated carbocycles. The summed E-state index contributed by atoms with van der Waals surface area (Å²) in [5.74, 6) is 1.65. The highest BCUT2D eigenvalue weighted by Crippen LogP contribution is 2.22. The fourth-order valence-electron chi connectivity index (χ4n) is 1.55. The fourth-order valence-corrected chi connectivity index (χ4v) is 1.55. The van der Waals surface area contributed by atoms with E-state index in [1.807, 2.05) is 18.2 Å². The topological polar surface area (TPSA) is 42.5 Å². The lowest BCUT2D eigenvalue weighted by Crippen LogP contribution is -2.26. The van der Waals surface area contributed by atoms with Crippen molar-refractivity contribution in [2.24, 2.45) is 0 Å². The molecule has 0 amide bonds. The van der Waals surface area contributed by atoms with E-state index in [9.17, 15) is 0 Å². The number of ether oxygens (including phenoxy) is 2. The molecule has 0 radical (unpaired) electrons. The number of likely N-dealkylation sites (N-methyl/N-ethyl adjacent to an activating group) is 1. The third-order valence-electron chi connectivity index (χ3n) is 2.47. The van der Waals surface area contributed by atoms with Gasteiger partial charge >= 0.3 is 0 Å².